The summed E-state index contributed by atoms with van der Waals surface area (Å²) in [6, 6.07) is 0. The van der Waals surface area contributed by atoms with Crippen molar-refractivity contribution in [3.05, 3.63) is 24.8 Å². The molecule has 0 aromatic heterocycles. The van der Waals surface area contributed by atoms with Gasteiger partial charge in [-0.05, 0) is 18.8 Å². The smallest absolute Gasteiger partial charge is 0.0172 e. The SMILES string of the molecule is C=CCC=CC(C)CCCCCC. The molecule has 0 saturated carbocycles. The van der Waals surface area contributed by atoms with Gasteiger partial charge in [-0.1, -0.05) is 57.8 Å². The summed E-state index contributed by atoms with van der Waals surface area (Å²) in [5, 5.41) is 0. The lowest BCUT2D eigenvalue weighted by Crippen LogP contribution is -1.89. The van der Waals surface area contributed by atoms with Gasteiger partial charge < -0.3 is 0 Å². The molecule has 0 amide bonds. The lowest BCUT2D eigenvalue weighted by atomic mass is 10.0. The van der Waals surface area contributed by atoms with Gasteiger partial charge in [-0.3, -0.25) is 0 Å². The van der Waals surface area contributed by atoms with E-state index in [9.17, 15) is 0 Å². The number of rotatable bonds is 8. The highest BCUT2D eigenvalue weighted by Crippen LogP contribution is 2.11. The summed E-state index contributed by atoms with van der Waals surface area (Å²) >= 11 is 0. The Morgan fingerprint density at radius 1 is 1.23 bits per heavy atom. The molecule has 0 aromatic rings. The number of hydrogen-bond acceptors (Lipinski definition) is 0. The normalized spacial score (nSPS) is 13.4. The molecular weight excluding hydrogens is 156 g/mol. The first-order valence-corrected chi connectivity index (χ1v) is 5.58. The summed E-state index contributed by atoms with van der Waals surface area (Å²) in [5.74, 6) is 0.747. The average molecular weight is 180 g/mol. The maximum Gasteiger partial charge on any atom is -0.0172 e. The van der Waals surface area contributed by atoms with E-state index >= 15 is 0 Å². The molecule has 0 aromatic carbocycles. The predicted octanol–water partition coefficient (Wildman–Crippen LogP) is 4.73. The Bertz CT molecular complexity index is 133. The third kappa shape index (κ3) is 9.39. The van der Waals surface area contributed by atoms with Gasteiger partial charge >= 0.3 is 0 Å². The first-order valence-electron chi connectivity index (χ1n) is 5.58. The molecule has 0 radical (unpaired) electrons. The van der Waals surface area contributed by atoms with Gasteiger partial charge in [-0.25, -0.2) is 0 Å². The Morgan fingerprint density at radius 2 is 2.00 bits per heavy atom. The van der Waals surface area contributed by atoms with Gasteiger partial charge in [0.25, 0.3) is 0 Å². The summed E-state index contributed by atoms with van der Waals surface area (Å²) < 4.78 is 0. The third-order valence-electron chi connectivity index (χ3n) is 2.28. The Labute approximate surface area is 83.7 Å². The highest BCUT2D eigenvalue weighted by Gasteiger charge is 1.95. The van der Waals surface area contributed by atoms with Gasteiger partial charge in [-0.15, -0.1) is 6.58 Å². The van der Waals surface area contributed by atoms with Crippen LogP contribution in [-0.4, -0.2) is 0 Å². The predicted molar refractivity (Wildman–Crippen MR) is 61.9 cm³/mol. The van der Waals surface area contributed by atoms with Crippen LogP contribution in [0.25, 0.3) is 0 Å². The highest BCUT2D eigenvalue weighted by molar-refractivity contribution is 4.91. The first kappa shape index (κ1) is 12.5. The fourth-order valence-electron chi connectivity index (χ4n) is 1.40. The maximum absolute atomic E-state index is 3.69. The van der Waals surface area contributed by atoms with E-state index in [0.29, 0.717) is 0 Å². The van der Waals surface area contributed by atoms with E-state index in [1.807, 2.05) is 6.08 Å². The van der Waals surface area contributed by atoms with Crippen LogP contribution in [0.4, 0.5) is 0 Å². The molecule has 0 saturated heterocycles. The average Bonchev–Trinajstić information content (AvgIpc) is 2.13. The molecule has 0 aliphatic heterocycles. The van der Waals surface area contributed by atoms with Gasteiger partial charge in [-0.2, -0.15) is 0 Å². The lowest BCUT2D eigenvalue weighted by Gasteiger charge is -2.04. The topological polar surface area (TPSA) is 0 Å². The van der Waals surface area contributed by atoms with E-state index in [0.717, 1.165) is 12.3 Å². The first-order chi connectivity index (χ1) is 6.31. The molecule has 0 spiro atoms. The van der Waals surface area contributed by atoms with Crippen LogP contribution in [0.1, 0.15) is 52.4 Å². The number of hydrogen-bond donors (Lipinski definition) is 0. The van der Waals surface area contributed by atoms with E-state index in [1.165, 1.54) is 32.1 Å². The molecule has 0 aliphatic carbocycles. The van der Waals surface area contributed by atoms with E-state index < -0.39 is 0 Å². The minimum Gasteiger partial charge on any atom is -0.103 e. The Hall–Kier alpha value is -0.520. The van der Waals surface area contributed by atoms with E-state index in [4.69, 9.17) is 0 Å². The monoisotopic (exact) mass is 180 g/mol. The van der Waals surface area contributed by atoms with Crippen LogP contribution in [-0.2, 0) is 0 Å². The molecule has 0 bridgehead atoms. The standard InChI is InChI=1S/C13H24/c1-4-6-8-10-12-13(3)11-9-7-5-2/h5,9,11,13H,2,4,6-8,10,12H2,1,3H3. The third-order valence-corrected chi connectivity index (χ3v) is 2.28. The Balaban J connectivity index is 3.28. The quantitative estimate of drug-likeness (QED) is 0.374. The molecular formula is C13H24. The van der Waals surface area contributed by atoms with Gasteiger partial charge in [0, 0.05) is 0 Å². The summed E-state index contributed by atoms with van der Waals surface area (Å²) in [4.78, 5) is 0. The Kier molecular flexibility index (Phi) is 9.18. The fraction of sp³-hybridized carbons (Fsp3) is 0.692. The summed E-state index contributed by atoms with van der Waals surface area (Å²) in [6.07, 6.45) is 14.3. The second-order valence-electron chi connectivity index (χ2n) is 3.78. The van der Waals surface area contributed by atoms with Crippen molar-refractivity contribution in [3.8, 4) is 0 Å². The van der Waals surface area contributed by atoms with E-state index in [1.54, 1.807) is 0 Å². The molecule has 1 atom stereocenters. The van der Waals surface area contributed by atoms with Crippen LogP contribution in [0, 0.1) is 5.92 Å². The van der Waals surface area contributed by atoms with Crippen molar-refractivity contribution >= 4 is 0 Å². The summed E-state index contributed by atoms with van der Waals surface area (Å²) in [5.41, 5.74) is 0. The van der Waals surface area contributed by atoms with Crippen molar-refractivity contribution < 1.29 is 0 Å². The van der Waals surface area contributed by atoms with Crippen molar-refractivity contribution in [3.63, 3.8) is 0 Å². The van der Waals surface area contributed by atoms with Gasteiger partial charge in [0.05, 0.1) is 0 Å². The number of unbranched alkanes of at least 4 members (excludes halogenated alkanes) is 3. The summed E-state index contributed by atoms with van der Waals surface area (Å²) in [6.45, 7) is 8.25. The molecule has 0 nitrogen and oxygen atoms in total. The van der Waals surface area contributed by atoms with Gasteiger partial charge in [0.1, 0.15) is 0 Å². The fourth-order valence-corrected chi connectivity index (χ4v) is 1.40. The van der Waals surface area contributed by atoms with Crippen molar-refractivity contribution in [2.24, 2.45) is 5.92 Å². The van der Waals surface area contributed by atoms with Crippen molar-refractivity contribution in [2.75, 3.05) is 0 Å². The van der Waals surface area contributed by atoms with Crippen LogP contribution >= 0.6 is 0 Å². The second-order valence-corrected chi connectivity index (χ2v) is 3.78. The Morgan fingerprint density at radius 3 is 2.62 bits per heavy atom. The zero-order valence-electron chi connectivity index (χ0n) is 9.26. The van der Waals surface area contributed by atoms with Crippen LogP contribution in [0.2, 0.25) is 0 Å². The van der Waals surface area contributed by atoms with E-state index in [-0.39, 0.29) is 0 Å². The summed E-state index contributed by atoms with van der Waals surface area (Å²) in [7, 11) is 0. The zero-order chi connectivity index (χ0) is 9.94. The highest BCUT2D eigenvalue weighted by atomic mass is 14.0. The molecule has 0 fully saturated rings. The van der Waals surface area contributed by atoms with Crippen LogP contribution < -0.4 is 0 Å². The van der Waals surface area contributed by atoms with Crippen LogP contribution in [0.15, 0.2) is 24.8 Å². The lowest BCUT2D eigenvalue weighted by molar-refractivity contribution is 0.560. The van der Waals surface area contributed by atoms with Crippen LogP contribution in [0.3, 0.4) is 0 Å². The number of allylic oxidation sites excluding steroid dienone is 3. The zero-order valence-corrected chi connectivity index (χ0v) is 9.26. The second kappa shape index (κ2) is 9.57. The van der Waals surface area contributed by atoms with Crippen molar-refractivity contribution in [1.29, 1.82) is 0 Å². The molecule has 0 heteroatoms. The molecule has 0 aliphatic rings. The van der Waals surface area contributed by atoms with Gasteiger partial charge in [0.15, 0.2) is 0 Å². The molecule has 0 rings (SSSR count). The molecule has 0 heterocycles. The maximum atomic E-state index is 3.69. The minimum absolute atomic E-state index is 0.747. The largest absolute Gasteiger partial charge is 0.103 e. The van der Waals surface area contributed by atoms with Crippen molar-refractivity contribution in [1.82, 2.24) is 0 Å². The van der Waals surface area contributed by atoms with Crippen molar-refractivity contribution in [2.45, 2.75) is 52.4 Å². The molecule has 1 unspecified atom stereocenters. The van der Waals surface area contributed by atoms with Crippen LogP contribution in [0.5, 0.6) is 0 Å². The molecule has 13 heavy (non-hydrogen) atoms. The van der Waals surface area contributed by atoms with Gasteiger partial charge in [0.2, 0.25) is 0 Å². The molecule has 0 N–H and O–H groups in total. The molecule has 76 valence electrons. The van der Waals surface area contributed by atoms with E-state index in [2.05, 4.69) is 32.6 Å². The minimum atomic E-state index is 0.747.